The highest BCUT2D eigenvalue weighted by Crippen LogP contribution is 2.36. The van der Waals surface area contributed by atoms with Gasteiger partial charge in [0.1, 0.15) is 13.2 Å². The SMILES string of the molecule is C=CCOc1c(Br)cc(C[NH2+]C2CC2)cc1OC. The van der Waals surface area contributed by atoms with E-state index in [4.69, 9.17) is 9.47 Å². The highest BCUT2D eigenvalue weighted by Gasteiger charge is 2.25. The number of quaternary nitrogens is 1. The van der Waals surface area contributed by atoms with Crippen LogP contribution in [0, 0.1) is 0 Å². The van der Waals surface area contributed by atoms with Gasteiger partial charge in [-0.3, -0.25) is 0 Å². The lowest BCUT2D eigenvalue weighted by atomic mass is 10.2. The molecular formula is C14H19BrNO2+. The van der Waals surface area contributed by atoms with Gasteiger partial charge in [-0.2, -0.15) is 0 Å². The molecule has 0 heterocycles. The maximum absolute atomic E-state index is 5.60. The number of benzene rings is 1. The Morgan fingerprint density at radius 3 is 2.89 bits per heavy atom. The topological polar surface area (TPSA) is 35.1 Å². The fourth-order valence-electron chi connectivity index (χ4n) is 1.81. The van der Waals surface area contributed by atoms with Crippen LogP contribution in [-0.4, -0.2) is 19.8 Å². The molecule has 0 aliphatic heterocycles. The van der Waals surface area contributed by atoms with E-state index in [0.29, 0.717) is 6.61 Å². The number of hydrogen-bond acceptors (Lipinski definition) is 2. The van der Waals surface area contributed by atoms with Crippen LogP contribution in [0.15, 0.2) is 29.3 Å². The normalized spacial score (nSPS) is 14.3. The fraction of sp³-hybridized carbons (Fsp3) is 0.429. The van der Waals surface area contributed by atoms with Gasteiger partial charge in [-0.25, -0.2) is 0 Å². The van der Waals surface area contributed by atoms with Crippen LogP contribution in [0.25, 0.3) is 0 Å². The van der Waals surface area contributed by atoms with Crippen molar-refractivity contribution in [2.75, 3.05) is 13.7 Å². The Hall–Kier alpha value is -1.00. The van der Waals surface area contributed by atoms with E-state index >= 15 is 0 Å². The average Bonchev–Trinajstić information content (AvgIpc) is 3.18. The minimum absolute atomic E-state index is 0.475. The van der Waals surface area contributed by atoms with Crippen LogP contribution in [0.1, 0.15) is 18.4 Å². The first kappa shape index (κ1) is 13.4. The van der Waals surface area contributed by atoms with Crippen LogP contribution in [0.2, 0.25) is 0 Å². The molecular weight excluding hydrogens is 294 g/mol. The Kier molecular flexibility index (Phi) is 4.66. The minimum atomic E-state index is 0.475. The Labute approximate surface area is 116 Å². The van der Waals surface area contributed by atoms with E-state index < -0.39 is 0 Å². The summed E-state index contributed by atoms with van der Waals surface area (Å²) >= 11 is 3.54. The lowest BCUT2D eigenvalue weighted by molar-refractivity contribution is -0.683. The Balaban J connectivity index is 2.12. The maximum Gasteiger partial charge on any atom is 0.175 e. The smallest absolute Gasteiger partial charge is 0.175 e. The van der Waals surface area contributed by atoms with Crippen molar-refractivity contribution in [2.45, 2.75) is 25.4 Å². The molecule has 0 unspecified atom stereocenters. The van der Waals surface area contributed by atoms with Gasteiger partial charge in [0.05, 0.1) is 17.6 Å². The van der Waals surface area contributed by atoms with Crippen molar-refractivity contribution in [2.24, 2.45) is 0 Å². The highest BCUT2D eigenvalue weighted by molar-refractivity contribution is 9.10. The molecule has 1 aliphatic rings. The molecule has 1 aliphatic carbocycles. The van der Waals surface area contributed by atoms with Gasteiger partial charge < -0.3 is 14.8 Å². The number of methoxy groups -OCH3 is 1. The van der Waals surface area contributed by atoms with Crippen molar-refractivity contribution < 1.29 is 14.8 Å². The number of rotatable bonds is 7. The summed E-state index contributed by atoms with van der Waals surface area (Å²) in [5, 5.41) is 2.38. The molecule has 1 aromatic carbocycles. The molecule has 0 amide bonds. The molecule has 2 rings (SSSR count). The van der Waals surface area contributed by atoms with Crippen LogP contribution in [0.5, 0.6) is 11.5 Å². The van der Waals surface area contributed by atoms with E-state index in [1.165, 1.54) is 18.4 Å². The predicted octanol–water partition coefficient (Wildman–Crippen LogP) is 2.25. The zero-order chi connectivity index (χ0) is 13.0. The molecule has 98 valence electrons. The number of halogens is 1. The third-order valence-electron chi connectivity index (χ3n) is 2.94. The van der Waals surface area contributed by atoms with Gasteiger partial charge in [0.2, 0.25) is 0 Å². The van der Waals surface area contributed by atoms with Crippen LogP contribution >= 0.6 is 15.9 Å². The van der Waals surface area contributed by atoms with Crippen LogP contribution in [-0.2, 0) is 6.54 Å². The molecule has 1 fully saturated rings. The molecule has 4 heteroatoms. The van der Waals surface area contributed by atoms with Crippen LogP contribution < -0.4 is 14.8 Å². The molecule has 0 saturated heterocycles. The van der Waals surface area contributed by atoms with Gasteiger partial charge in [0, 0.05) is 18.4 Å². The van der Waals surface area contributed by atoms with E-state index in [1.807, 2.05) is 6.07 Å². The van der Waals surface area contributed by atoms with E-state index in [0.717, 1.165) is 28.6 Å². The van der Waals surface area contributed by atoms with Crippen LogP contribution in [0.3, 0.4) is 0 Å². The lowest BCUT2D eigenvalue weighted by Gasteiger charge is -2.13. The second-order valence-corrected chi connectivity index (χ2v) is 5.34. The summed E-state index contributed by atoms with van der Waals surface area (Å²) in [6, 6.07) is 4.97. The Morgan fingerprint density at radius 2 is 2.28 bits per heavy atom. The Bertz CT molecular complexity index is 430. The quantitative estimate of drug-likeness (QED) is 0.784. The summed E-state index contributed by atoms with van der Waals surface area (Å²) in [5.74, 6) is 1.51. The molecule has 0 aromatic heterocycles. The van der Waals surface area contributed by atoms with Gasteiger partial charge >= 0.3 is 0 Å². The predicted molar refractivity (Wildman–Crippen MR) is 75.0 cm³/mol. The number of hydrogen-bond donors (Lipinski definition) is 1. The second kappa shape index (κ2) is 6.25. The molecule has 0 atom stereocenters. The van der Waals surface area contributed by atoms with Crippen molar-refractivity contribution in [1.82, 2.24) is 0 Å². The fourth-order valence-corrected chi connectivity index (χ4v) is 2.41. The molecule has 18 heavy (non-hydrogen) atoms. The minimum Gasteiger partial charge on any atom is -0.493 e. The van der Waals surface area contributed by atoms with Crippen molar-refractivity contribution in [1.29, 1.82) is 0 Å². The number of ether oxygens (including phenoxy) is 2. The van der Waals surface area contributed by atoms with E-state index in [2.05, 4.69) is 33.9 Å². The van der Waals surface area contributed by atoms with Gasteiger partial charge in [0.15, 0.2) is 11.5 Å². The zero-order valence-electron chi connectivity index (χ0n) is 10.6. The molecule has 1 saturated carbocycles. The molecule has 0 radical (unpaired) electrons. The second-order valence-electron chi connectivity index (χ2n) is 4.49. The summed E-state index contributed by atoms with van der Waals surface area (Å²) in [5.41, 5.74) is 1.25. The van der Waals surface area contributed by atoms with Crippen molar-refractivity contribution in [3.05, 3.63) is 34.8 Å². The molecule has 3 nitrogen and oxygen atoms in total. The van der Waals surface area contributed by atoms with Crippen molar-refractivity contribution >= 4 is 15.9 Å². The molecule has 0 bridgehead atoms. The third-order valence-corrected chi connectivity index (χ3v) is 3.53. The van der Waals surface area contributed by atoms with E-state index in [1.54, 1.807) is 13.2 Å². The zero-order valence-corrected chi connectivity index (χ0v) is 12.2. The standard InChI is InChI=1S/C14H18BrNO2/c1-3-6-18-14-12(15)7-10(8-13(14)17-2)9-16-11-4-5-11/h3,7-8,11,16H,1,4-6,9H2,2H3/p+1. The summed E-state index contributed by atoms with van der Waals surface area (Å²) < 4.78 is 11.9. The first-order chi connectivity index (χ1) is 8.74. The molecule has 1 aromatic rings. The largest absolute Gasteiger partial charge is 0.493 e. The van der Waals surface area contributed by atoms with Crippen molar-refractivity contribution in [3.8, 4) is 11.5 Å². The monoisotopic (exact) mass is 312 g/mol. The Morgan fingerprint density at radius 1 is 1.50 bits per heavy atom. The average molecular weight is 313 g/mol. The first-order valence-electron chi connectivity index (χ1n) is 6.18. The van der Waals surface area contributed by atoms with E-state index in [9.17, 15) is 0 Å². The van der Waals surface area contributed by atoms with Gasteiger partial charge in [-0.15, -0.1) is 0 Å². The summed E-state index contributed by atoms with van der Waals surface area (Å²) in [4.78, 5) is 0. The first-order valence-corrected chi connectivity index (χ1v) is 6.97. The van der Waals surface area contributed by atoms with Gasteiger partial charge in [0.25, 0.3) is 0 Å². The van der Waals surface area contributed by atoms with E-state index in [-0.39, 0.29) is 0 Å². The van der Waals surface area contributed by atoms with Gasteiger partial charge in [-0.1, -0.05) is 12.7 Å². The van der Waals surface area contributed by atoms with Crippen molar-refractivity contribution in [3.63, 3.8) is 0 Å². The maximum atomic E-state index is 5.60. The highest BCUT2D eigenvalue weighted by atomic mass is 79.9. The lowest BCUT2D eigenvalue weighted by Crippen LogP contribution is -2.84. The molecule has 0 spiro atoms. The number of nitrogens with two attached hydrogens (primary N) is 1. The third kappa shape index (κ3) is 3.50. The van der Waals surface area contributed by atoms with Gasteiger partial charge in [-0.05, 0) is 28.1 Å². The van der Waals surface area contributed by atoms with Crippen LogP contribution in [0.4, 0.5) is 0 Å². The summed E-state index contributed by atoms with van der Waals surface area (Å²) in [6.07, 6.45) is 4.42. The molecule has 2 N–H and O–H groups in total. The summed E-state index contributed by atoms with van der Waals surface area (Å²) in [7, 11) is 1.66. The summed E-state index contributed by atoms with van der Waals surface area (Å²) in [6.45, 7) is 5.11.